The fourth-order valence-corrected chi connectivity index (χ4v) is 6.04. The van der Waals surface area contributed by atoms with Crippen LogP contribution in [0.15, 0.2) is 18.2 Å². The first kappa shape index (κ1) is 25.6. The van der Waals surface area contributed by atoms with Gasteiger partial charge in [0, 0.05) is 41.9 Å². The molecule has 198 valence electrons. The average molecular weight is 533 g/mol. The fourth-order valence-electron chi connectivity index (χ4n) is 5.86. The van der Waals surface area contributed by atoms with Crippen LogP contribution in [0.25, 0.3) is 0 Å². The Labute approximate surface area is 210 Å². The van der Waals surface area contributed by atoms with E-state index in [4.69, 9.17) is 21.1 Å². The summed E-state index contributed by atoms with van der Waals surface area (Å²) in [5.41, 5.74) is 0.570. The molecule has 4 aliphatic rings. The number of fused-ring (bicyclic) bond motifs is 3. The van der Waals surface area contributed by atoms with Gasteiger partial charge in [0.05, 0.1) is 18.3 Å². The first-order chi connectivity index (χ1) is 17.0. The van der Waals surface area contributed by atoms with Gasteiger partial charge in [0.1, 0.15) is 12.4 Å². The molecule has 1 aromatic rings. The number of aliphatic hydroxyl groups is 1. The van der Waals surface area contributed by atoms with E-state index in [1.54, 1.807) is 18.2 Å². The topological polar surface area (TPSA) is 106 Å². The van der Waals surface area contributed by atoms with Crippen molar-refractivity contribution < 1.29 is 42.1 Å². The summed E-state index contributed by atoms with van der Waals surface area (Å²) in [5.74, 6) is 0.322. The number of benzene rings is 1. The van der Waals surface area contributed by atoms with Crippen molar-refractivity contribution in [1.29, 1.82) is 0 Å². The van der Waals surface area contributed by atoms with E-state index in [1.807, 2.05) is 0 Å². The van der Waals surface area contributed by atoms with E-state index < -0.39 is 30.8 Å². The predicted octanol–water partition coefficient (Wildman–Crippen LogP) is 3.01. The Morgan fingerprint density at radius 1 is 1.03 bits per heavy atom. The molecule has 8 nitrogen and oxygen atoms in total. The van der Waals surface area contributed by atoms with Crippen molar-refractivity contribution in [2.75, 3.05) is 6.61 Å². The van der Waals surface area contributed by atoms with Crippen molar-refractivity contribution in [3.8, 4) is 5.75 Å². The third kappa shape index (κ3) is 5.74. The molecule has 2 bridgehead atoms. The van der Waals surface area contributed by atoms with Crippen molar-refractivity contribution in [3.63, 3.8) is 0 Å². The van der Waals surface area contributed by atoms with Gasteiger partial charge in [-0.25, -0.2) is 0 Å². The molecule has 2 amide bonds. The molecule has 0 aromatic heterocycles. The molecule has 1 aromatic carbocycles. The number of aliphatic hydroxyl groups excluding tert-OH is 1. The molecule has 3 aliphatic carbocycles. The second-order valence-corrected chi connectivity index (χ2v) is 10.6. The number of alkyl halides is 3. The number of hydrogen-bond acceptors (Lipinski definition) is 6. The molecule has 12 heteroatoms. The normalized spacial score (nSPS) is 34.9. The van der Waals surface area contributed by atoms with Crippen molar-refractivity contribution in [1.82, 2.24) is 10.6 Å². The molecule has 0 saturated heterocycles. The largest absolute Gasteiger partial charge is 0.522 e. The third-order valence-corrected chi connectivity index (χ3v) is 7.90. The number of carbonyl (C=O) groups is 2. The lowest BCUT2D eigenvalue weighted by Gasteiger charge is -2.35. The van der Waals surface area contributed by atoms with E-state index in [2.05, 4.69) is 15.4 Å². The van der Waals surface area contributed by atoms with Crippen LogP contribution in [0.2, 0.25) is 5.02 Å². The highest BCUT2D eigenvalue weighted by atomic mass is 35.5. The first-order valence-corrected chi connectivity index (χ1v) is 12.5. The third-order valence-electron chi connectivity index (χ3n) is 7.66. The highest BCUT2D eigenvalue weighted by Gasteiger charge is 2.48. The fraction of sp³-hybridized carbons (Fsp3) is 0.667. The second-order valence-electron chi connectivity index (χ2n) is 10.1. The summed E-state index contributed by atoms with van der Waals surface area (Å²) in [6.45, 7) is -0.203. The zero-order valence-corrected chi connectivity index (χ0v) is 20.1. The summed E-state index contributed by atoms with van der Waals surface area (Å²) in [6.07, 6.45) is -4.91. The second kappa shape index (κ2) is 10.00. The summed E-state index contributed by atoms with van der Waals surface area (Å²) in [7, 11) is 0. The average Bonchev–Trinajstić information content (AvgIpc) is 3.34. The van der Waals surface area contributed by atoms with Crippen LogP contribution in [-0.4, -0.2) is 60.3 Å². The standard InChI is InChI=1S/C24H28ClF3N2O6/c25-13-1-2-20-16(6-13)19(31)9-21(35-20)23(33)30-18-5-11-3-12(18)4-17(11)29-22(32)10-34-14-7-15(8-14)36-24(26,27)28/h1-2,6,11-12,14-15,17-19,21,31H,3-5,7-10H2,(H,29,32)(H,30,33)/t11-,12-,14-,15+,17+,18+,19+,21+/m0/s1. The lowest BCUT2D eigenvalue weighted by atomic mass is 9.90. The summed E-state index contributed by atoms with van der Waals surface area (Å²) < 4.78 is 51.6. The van der Waals surface area contributed by atoms with Crippen LogP contribution in [0.3, 0.4) is 0 Å². The molecule has 36 heavy (non-hydrogen) atoms. The van der Waals surface area contributed by atoms with E-state index in [-0.39, 0.29) is 61.6 Å². The Balaban J connectivity index is 1.03. The van der Waals surface area contributed by atoms with E-state index in [0.29, 0.717) is 16.3 Å². The molecule has 1 aliphatic heterocycles. The lowest BCUT2D eigenvalue weighted by molar-refractivity contribution is -0.357. The molecule has 3 N–H and O–H groups in total. The highest BCUT2D eigenvalue weighted by molar-refractivity contribution is 6.30. The predicted molar refractivity (Wildman–Crippen MR) is 120 cm³/mol. The molecule has 0 unspecified atom stereocenters. The van der Waals surface area contributed by atoms with Gasteiger partial charge >= 0.3 is 6.36 Å². The van der Waals surface area contributed by atoms with E-state index >= 15 is 0 Å². The van der Waals surface area contributed by atoms with Crippen LogP contribution in [0.4, 0.5) is 13.2 Å². The van der Waals surface area contributed by atoms with E-state index in [1.165, 1.54) is 0 Å². The number of halogens is 4. The first-order valence-electron chi connectivity index (χ1n) is 12.1. The zero-order valence-electron chi connectivity index (χ0n) is 19.3. The summed E-state index contributed by atoms with van der Waals surface area (Å²) in [5, 5.41) is 16.9. The van der Waals surface area contributed by atoms with Crippen molar-refractivity contribution in [2.45, 2.75) is 81.4 Å². The van der Waals surface area contributed by atoms with Gasteiger partial charge in [0.2, 0.25) is 5.91 Å². The lowest BCUT2D eigenvalue weighted by Crippen LogP contribution is -2.50. The molecular weight excluding hydrogens is 505 g/mol. The van der Waals surface area contributed by atoms with Gasteiger partial charge in [-0.2, -0.15) is 0 Å². The number of amides is 2. The van der Waals surface area contributed by atoms with Gasteiger partial charge in [-0.05, 0) is 49.3 Å². The highest BCUT2D eigenvalue weighted by Crippen LogP contribution is 2.45. The van der Waals surface area contributed by atoms with Gasteiger partial charge in [0.15, 0.2) is 6.10 Å². The minimum atomic E-state index is -4.66. The van der Waals surface area contributed by atoms with Crippen LogP contribution >= 0.6 is 11.6 Å². The zero-order chi connectivity index (χ0) is 25.6. The summed E-state index contributed by atoms with van der Waals surface area (Å²) in [4.78, 5) is 25.1. The van der Waals surface area contributed by atoms with Gasteiger partial charge < -0.3 is 25.2 Å². The molecule has 3 saturated carbocycles. The Kier molecular flexibility index (Phi) is 7.10. The Bertz CT molecular complexity index is 1000. The van der Waals surface area contributed by atoms with Gasteiger partial charge in [-0.3, -0.25) is 14.3 Å². The smallest absolute Gasteiger partial charge is 0.480 e. The Morgan fingerprint density at radius 2 is 1.72 bits per heavy atom. The number of carbonyl (C=O) groups excluding carboxylic acids is 2. The number of rotatable bonds is 7. The van der Waals surface area contributed by atoms with E-state index in [0.717, 1.165) is 19.3 Å². The maximum atomic E-state index is 12.9. The Morgan fingerprint density at radius 3 is 2.39 bits per heavy atom. The van der Waals surface area contributed by atoms with Crippen LogP contribution in [0.1, 0.15) is 50.2 Å². The molecular formula is C24H28ClF3N2O6. The minimum absolute atomic E-state index is 0.0219. The van der Waals surface area contributed by atoms with Gasteiger partial charge in [-0.1, -0.05) is 11.6 Å². The number of ether oxygens (including phenoxy) is 3. The molecule has 5 rings (SSSR count). The van der Waals surface area contributed by atoms with E-state index in [9.17, 15) is 27.9 Å². The minimum Gasteiger partial charge on any atom is -0.480 e. The Hall–Kier alpha value is -2.08. The van der Waals surface area contributed by atoms with Gasteiger partial charge in [0.25, 0.3) is 5.91 Å². The maximum absolute atomic E-state index is 12.9. The SMILES string of the molecule is O=C(CO[C@H]1C[C@@H](OC(F)(F)F)C1)N[C@@H]1C[C@@H]2C[C@H]1C[C@H]2NC(=O)[C@H]1C[C@@H](O)c2cc(Cl)ccc2O1. The quantitative estimate of drug-likeness (QED) is 0.498. The molecule has 0 radical (unpaired) electrons. The molecule has 1 heterocycles. The summed E-state index contributed by atoms with van der Waals surface area (Å²) >= 11 is 5.98. The van der Waals surface area contributed by atoms with Gasteiger partial charge in [-0.15, -0.1) is 13.2 Å². The van der Waals surface area contributed by atoms with Crippen molar-refractivity contribution in [3.05, 3.63) is 28.8 Å². The van der Waals surface area contributed by atoms with Crippen LogP contribution < -0.4 is 15.4 Å². The van der Waals surface area contributed by atoms with Crippen molar-refractivity contribution >= 4 is 23.4 Å². The van der Waals surface area contributed by atoms with Crippen LogP contribution in [-0.2, 0) is 19.1 Å². The maximum Gasteiger partial charge on any atom is 0.522 e. The number of nitrogens with one attached hydrogen (secondary N) is 2. The van der Waals surface area contributed by atoms with Crippen LogP contribution in [0.5, 0.6) is 5.75 Å². The molecule has 3 fully saturated rings. The van der Waals surface area contributed by atoms with Crippen molar-refractivity contribution in [2.24, 2.45) is 11.8 Å². The summed E-state index contributed by atoms with van der Waals surface area (Å²) in [6, 6.07) is 4.88. The molecule has 6 atom stereocenters. The number of hydrogen-bond donors (Lipinski definition) is 3. The monoisotopic (exact) mass is 532 g/mol. The van der Waals surface area contributed by atoms with Crippen LogP contribution in [0, 0.1) is 11.8 Å². The molecule has 0 spiro atoms.